The lowest BCUT2D eigenvalue weighted by Gasteiger charge is -2.13. The Kier molecular flexibility index (Phi) is 4.21. The molecule has 0 aromatic heterocycles. The van der Waals surface area contributed by atoms with Crippen LogP contribution >= 0.6 is 11.6 Å². The minimum Gasteiger partial charge on any atom is -0.487 e. The van der Waals surface area contributed by atoms with E-state index in [1.165, 1.54) is 25.0 Å². The summed E-state index contributed by atoms with van der Waals surface area (Å²) in [5.74, 6) is -1.08. The van der Waals surface area contributed by atoms with E-state index in [0.717, 1.165) is 12.8 Å². The monoisotopic (exact) mass is 260 g/mol. The zero-order valence-electron chi connectivity index (χ0n) is 9.52. The summed E-state index contributed by atoms with van der Waals surface area (Å²) < 4.78 is 32.4. The van der Waals surface area contributed by atoms with Gasteiger partial charge in [-0.05, 0) is 36.5 Å². The first-order valence-corrected chi connectivity index (χ1v) is 6.41. The Hall–Kier alpha value is -0.830. The predicted molar refractivity (Wildman–Crippen MR) is 63.4 cm³/mol. The van der Waals surface area contributed by atoms with Crippen molar-refractivity contribution in [1.82, 2.24) is 0 Å². The van der Waals surface area contributed by atoms with Gasteiger partial charge in [0.1, 0.15) is 0 Å². The van der Waals surface area contributed by atoms with Crippen LogP contribution in [0.2, 0.25) is 0 Å². The highest BCUT2D eigenvalue weighted by molar-refractivity contribution is 6.17. The quantitative estimate of drug-likeness (QED) is 0.735. The van der Waals surface area contributed by atoms with Crippen molar-refractivity contribution in [3.8, 4) is 5.75 Å². The van der Waals surface area contributed by atoms with Gasteiger partial charge in [-0.2, -0.15) is 0 Å². The van der Waals surface area contributed by atoms with E-state index in [4.69, 9.17) is 16.3 Å². The first-order chi connectivity index (χ1) is 8.20. The highest BCUT2D eigenvalue weighted by Crippen LogP contribution is 2.28. The van der Waals surface area contributed by atoms with Crippen LogP contribution in [0.25, 0.3) is 0 Å². The molecular weight excluding hydrogens is 246 g/mol. The van der Waals surface area contributed by atoms with Gasteiger partial charge < -0.3 is 4.74 Å². The van der Waals surface area contributed by atoms with Crippen LogP contribution in [0.15, 0.2) is 12.1 Å². The lowest BCUT2D eigenvalue weighted by atomic mass is 10.1. The van der Waals surface area contributed by atoms with E-state index in [0.29, 0.717) is 18.1 Å². The Balaban J connectivity index is 2.04. The average molecular weight is 261 g/mol. The van der Waals surface area contributed by atoms with E-state index in [1.807, 2.05) is 0 Å². The Morgan fingerprint density at radius 1 is 1.18 bits per heavy atom. The fraction of sp³-hybridized carbons (Fsp3) is 0.538. The molecule has 1 saturated carbocycles. The third kappa shape index (κ3) is 3.09. The highest BCUT2D eigenvalue weighted by atomic mass is 35.5. The fourth-order valence-corrected chi connectivity index (χ4v) is 2.36. The van der Waals surface area contributed by atoms with E-state index in [2.05, 4.69) is 0 Å². The molecule has 0 amide bonds. The summed E-state index contributed by atoms with van der Waals surface area (Å²) in [4.78, 5) is 0. The molecule has 0 bridgehead atoms. The van der Waals surface area contributed by atoms with Gasteiger partial charge in [0.15, 0.2) is 17.4 Å². The van der Waals surface area contributed by atoms with Crippen molar-refractivity contribution in [2.75, 3.05) is 6.61 Å². The topological polar surface area (TPSA) is 9.23 Å². The van der Waals surface area contributed by atoms with Gasteiger partial charge in [-0.25, -0.2) is 8.78 Å². The van der Waals surface area contributed by atoms with Crippen LogP contribution in [0.5, 0.6) is 5.75 Å². The maximum Gasteiger partial charge on any atom is 0.190 e. The molecule has 0 unspecified atom stereocenters. The number of halogens is 3. The van der Waals surface area contributed by atoms with Gasteiger partial charge in [0.2, 0.25) is 0 Å². The van der Waals surface area contributed by atoms with Gasteiger partial charge in [0.25, 0.3) is 0 Å². The summed E-state index contributed by atoms with van der Waals surface area (Å²) in [6.07, 6.45) is 4.54. The summed E-state index contributed by atoms with van der Waals surface area (Å²) >= 11 is 5.53. The molecule has 0 atom stereocenters. The first kappa shape index (κ1) is 12.6. The molecule has 1 fully saturated rings. The predicted octanol–water partition coefficient (Wildman–Crippen LogP) is 4.27. The zero-order valence-corrected chi connectivity index (χ0v) is 10.3. The third-order valence-corrected chi connectivity index (χ3v) is 3.46. The number of alkyl halides is 1. The van der Waals surface area contributed by atoms with Crippen LogP contribution in [0, 0.1) is 17.6 Å². The minimum absolute atomic E-state index is 0.0940. The van der Waals surface area contributed by atoms with Gasteiger partial charge >= 0.3 is 0 Å². The van der Waals surface area contributed by atoms with Gasteiger partial charge in [0, 0.05) is 5.88 Å². The van der Waals surface area contributed by atoms with E-state index in [1.54, 1.807) is 0 Å². The largest absolute Gasteiger partial charge is 0.487 e. The van der Waals surface area contributed by atoms with Crippen molar-refractivity contribution in [2.24, 2.45) is 5.92 Å². The SMILES string of the molecule is Fc1cc(CCl)cc(F)c1OCC1CCCC1. The molecule has 0 aliphatic heterocycles. The van der Waals surface area contributed by atoms with Gasteiger partial charge in [-0.3, -0.25) is 0 Å². The van der Waals surface area contributed by atoms with Crippen LogP contribution in [0.3, 0.4) is 0 Å². The molecular formula is C13H15ClF2O. The van der Waals surface area contributed by atoms with Crippen LogP contribution in [0.4, 0.5) is 8.78 Å². The van der Waals surface area contributed by atoms with E-state index >= 15 is 0 Å². The van der Waals surface area contributed by atoms with E-state index < -0.39 is 11.6 Å². The number of hydrogen-bond acceptors (Lipinski definition) is 1. The average Bonchev–Trinajstić information content (AvgIpc) is 2.80. The Labute approximate surface area is 105 Å². The van der Waals surface area contributed by atoms with Crippen molar-refractivity contribution in [3.05, 3.63) is 29.3 Å². The molecule has 0 radical (unpaired) electrons. The summed E-state index contributed by atoms with van der Waals surface area (Å²) in [5, 5.41) is 0. The Morgan fingerprint density at radius 3 is 2.29 bits per heavy atom. The van der Waals surface area contributed by atoms with Crippen LogP contribution in [-0.2, 0) is 5.88 Å². The van der Waals surface area contributed by atoms with Crippen LogP contribution < -0.4 is 4.74 Å². The molecule has 1 aromatic carbocycles. The second-order valence-electron chi connectivity index (χ2n) is 4.48. The molecule has 0 N–H and O–H groups in total. The van der Waals surface area contributed by atoms with Gasteiger partial charge in [0.05, 0.1) is 6.61 Å². The molecule has 1 nitrogen and oxygen atoms in total. The standard InChI is InChI=1S/C13H15ClF2O/c14-7-10-5-11(15)13(12(16)6-10)17-8-9-3-1-2-4-9/h5-6,9H,1-4,7-8H2. The zero-order chi connectivity index (χ0) is 12.3. The third-order valence-electron chi connectivity index (χ3n) is 3.15. The summed E-state index contributed by atoms with van der Waals surface area (Å²) in [5.41, 5.74) is 0.426. The Bertz CT molecular complexity index is 366. The second kappa shape index (κ2) is 5.67. The number of hydrogen-bond donors (Lipinski definition) is 0. The minimum atomic E-state index is -0.668. The summed E-state index contributed by atoms with van der Waals surface area (Å²) in [6.45, 7) is 0.397. The highest BCUT2D eigenvalue weighted by Gasteiger charge is 2.18. The molecule has 17 heavy (non-hydrogen) atoms. The van der Waals surface area contributed by atoms with Gasteiger partial charge in [-0.1, -0.05) is 12.8 Å². The molecule has 1 aliphatic carbocycles. The molecule has 2 rings (SSSR count). The molecule has 0 spiro atoms. The van der Waals surface area contributed by atoms with Gasteiger partial charge in [-0.15, -0.1) is 11.6 Å². The van der Waals surface area contributed by atoms with Crippen molar-refractivity contribution in [3.63, 3.8) is 0 Å². The molecule has 4 heteroatoms. The van der Waals surface area contributed by atoms with E-state index in [9.17, 15) is 8.78 Å². The second-order valence-corrected chi connectivity index (χ2v) is 4.75. The number of ether oxygens (including phenoxy) is 1. The first-order valence-electron chi connectivity index (χ1n) is 5.87. The molecule has 1 aliphatic rings. The molecule has 0 heterocycles. The molecule has 94 valence electrons. The number of rotatable bonds is 4. The number of benzene rings is 1. The Morgan fingerprint density at radius 2 is 1.76 bits per heavy atom. The lowest BCUT2D eigenvalue weighted by Crippen LogP contribution is -2.10. The lowest BCUT2D eigenvalue weighted by molar-refractivity contribution is 0.231. The maximum atomic E-state index is 13.5. The molecule has 0 saturated heterocycles. The normalized spacial score (nSPS) is 16.4. The smallest absolute Gasteiger partial charge is 0.190 e. The van der Waals surface area contributed by atoms with Crippen molar-refractivity contribution >= 4 is 11.6 Å². The maximum absolute atomic E-state index is 13.5. The van der Waals surface area contributed by atoms with Crippen LogP contribution in [-0.4, -0.2) is 6.61 Å². The fourth-order valence-electron chi connectivity index (χ4n) is 2.21. The van der Waals surface area contributed by atoms with E-state index in [-0.39, 0.29) is 11.6 Å². The van der Waals surface area contributed by atoms with Crippen LogP contribution in [0.1, 0.15) is 31.2 Å². The van der Waals surface area contributed by atoms with Crippen molar-refractivity contribution < 1.29 is 13.5 Å². The van der Waals surface area contributed by atoms with Crippen molar-refractivity contribution in [1.29, 1.82) is 0 Å². The summed E-state index contributed by atoms with van der Waals surface area (Å²) in [7, 11) is 0. The molecule has 1 aromatic rings. The summed E-state index contributed by atoms with van der Waals surface area (Å²) in [6, 6.07) is 2.44. The van der Waals surface area contributed by atoms with Crippen molar-refractivity contribution in [2.45, 2.75) is 31.6 Å².